The number of fused-ring (bicyclic) bond motifs is 1. The second kappa shape index (κ2) is 3.51. The molecule has 0 atom stereocenters. The van der Waals surface area contributed by atoms with Gasteiger partial charge in [0.2, 0.25) is 0 Å². The predicted molar refractivity (Wildman–Crippen MR) is 61.2 cm³/mol. The van der Waals surface area contributed by atoms with E-state index in [-0.39, 0.29) is 4.90 Å². The van der Waals surface area contributed by atoms with Crippen LogP contribution in [-0.2, 0) is 9.84 Å². The lowest BCUT2D eigenvalue weighted by Gasteiger charge is -1.95. The Morgan fingerprint density at radius 3 is 2.53 bits per heavy atom. The molecule has 0 amide bonds. The highest BCUT2D eigenvalue weighted by molar-refractivity contribution is 7.90. The molecule has 2 aliphatic carbocycles. The molecule has 0 aromatic rings. The first kappa shape index (κ1) is 10.5. The van der Waals surface area contributed by atoms with Gasteiger partial charge in [-0.05, 0) is 23.8 Å². The van der Waals surface area contributed by atoms with Crippen LogP contribution in [0.2, 0.25) is 5.02 Å². The lowest BCUT2D eigenvalue weighted by molar-refractivity contribution is 0.602. The van der Waals surface area contributed by atoms with E-state index in [2.05, 4.69) is 0 Å². The fourth-order valence-electron chi connectivity index (χ4n) is 1.45. The van der Waals surface area contributed by atoms with Crippen molar-refractivity contribution in [1.29, 1.82) is 0 Å². The molecule has 0 fully saturated rings. The second-order valence-electron chi connectivity index (χ2n) is 3.39. The summed E-state index contributed by atoms with van der Waals surface area (Å²) < 4.78 is 22.8. The average Bonchev–Trinajstić information content (AvgIpc) is 2.52. The summed E-state index contributed by atoms with van der Waals surface area (Å²) in [6, 6.07) is 10.3. The van der Waals surface area contributed by atoms with Gasteiger partial charge in [0.25, 0.3) is 0 Å². The zero-order chi connectivity index (χ0) is 11.1. The second-order valence-corrected chi connectivity index (χ2v) is 5.82. The van der Waals surface area contributed by atoms with Crippen LogP contribution < -0.4 is 0 Å². The monoisotopic (exact) mass is 240 g/mol. The van der Waals surface area contributed by atoms with Crippen LogP contribution in [-0.4, -0.2) is 14.7 Å². The molecule has 0 spiro atoms. The first-order valence-corrected chi connectivity index (χ1v) is 6.64. The molecule has 0 aromatic heterocycles. The predicted octanol–water partition coefficient (Wildman–Crippen LogP) is 2.85. The molecule has 2 nitrogen and oxygen atoms in total. The minimum absolute atomic E-state index is 0.283. The van der Waals surface area contributed by atoms with Crippen LogP contribution >= 0.6 is 11.6 Å². The molecule has 15 heavy (non-hydrogen) atoms. The highest BCUT2D eigenvalue weighted by atomic mass is 35.5. The Labute approximate surface area is 93.8 Å². The van der Waals surface area contributed by atoms with E-state index < -0.39 is 9.84 Å². The molecule has 0 aromatic carbocycles. The van der Waals surface area contributed by atoms with Gasteiger partial charge in [0.05, 0.1) is 4.90 Å². The minimum atomic E-state index is -3.19. The zero-order valence-electron chi connectivity index (χ0n) is 8.07. The first-order valence-electron chi connectivity index (χ1n) is 4.37. The molecule has 0 aliphatic heterocycles. The van der Waals surface area contributed by atoms with Crippen LogP contribution in [0, 0.1) is 0 Å². The van der Waals surface area contributed by atoms with Gasteiger partial charge in [0.1, 0.15) is 0 Å². The third-order valence-corrected chi connectivity index (χ3v) is 3.67. The molecule has 78 valence electrons. The fraction of sp³-hybridized carbons (Fsp3) is 0.0909. The van der Waals surface area contributed by atoms with Crippen molar-refractivity contribution in [2.45, 2.75) is 4.90 Å². The Balaban J connectivity index is 2.78. The van der Waals surface area contributed by atoms with Gasteiger partial charge in [-0.25, -0.2) is 8.42 Å². The average molecular weight is 241 g/mol. The largest absolute Gasteiger partial charge is 0.224 e. The van der Waals surface area contributed by atoms with Crippen molar-refractivity contribution in [3.05, 3.63) is 41.4 Å². The van der Waals surface area contributed by atoms with Crippen molar-refractivity contribution >= 4 is 21.4 Å². The summed E-state index contributed by atoms with van der Waals surface area (Å²) in [5, 5.41) is 0.560. The van der Waals surface area contributed by atoms with Gasteiger partial charge in [0, 0.05) is 16.8 Å². The van der Waals surface area contributed by atoms with Gasteiger partial charge in [0.15, 0.2) is 9.84 Å². The van der Waals surface area contributed by atoms with Crippen LogP contribution in [0.3, 0.4) is 0 Å². The Hall–Kier alpha value is -1.06. The summed E-state index contributed by atoms with van der Waals surface area (Å²) in [7, 11) is -3.19. The van der Waals surface area contributed by atoms with Crippen LogP contribution in [0.5, 0.6) is 0 Å². The Kier molecular flexibility index (Phi) is 2.44. The Morgan fingerprint density at radius 1 is 1.13 bits per heavy atom. The summed E-state index contributed by atoms with van der Waals surface area (Å²) >= 11 is 6.01. The summed E-state index contributed by atoms with van der Waals surface area (Å²) in [6.07, 6.45) is 1.19. The van der Waals surface area contributed by atoms with Crippen molar-refractivity contribution in [2.24, 2.45) is 0 Å². The number of sulfone groups is 1. The molecule has 4 heteroatoms. The van der Waals surface area contributed by atoms with Gasteiger partial charge in [-0.15, -0.1) is 0 Å². The van der Waals surface area contributed by atoms with Gasteiger partial charge < -0.3 is 0 Å². The topological polar surface area (TPSA) is 34.1 Å². The lowest BCUT2D eigenvalue weighted by Crippen LogP contribution is -1.94. The SMILES string of the molecule is CS(=O)(=O)c1ccc(Cl)c2cccc-2c1. The van der Waals surface area contributed by atoms with E-state index in [4.69, 9.17) is 11.6 Å². The zero-order valence-corrected chi connectivity index (χ0v) is 9.64. The molecule has 0 bridgehead atoms. The Morgan fingerprint density at radius 2 is 1.87 bits per heavy atom. The van der Waals surface area contributed by atoms with Crippen molar-refractivity contribution in [1.82, 2.24) is 0 Å². The minimum Gasteiger partial charge on any atom is -0.224 e. The normalized spacial score (nSPS) is 11.9. The van der Waals surface area contributed by atoms with Gasteiger partial charge >= 0.3 is 0 Å². The standard InChI is InChI=1S/C11H9ClO2S/c1-15(13,14)9-5-6-11(12)10-4-2-3-8(10)7-9/h2-7H,1H3. The van der Waals surface area contributed by atoms with E-state index in [1.165, 1.54) is 12.3 Å². The number of hydrogen-bond donors (Lipinski definition) is 0. The summed E-state index contributed by atoms with van der Waals surface area (Å²) in [5.74, 6) is 0. The maximum Gasteiger partial charge on any atom is 0.175 e. The highest BCUT2D eigenvalue weighted by Gasteiger charge is 2.11. The molecule has 2 aliphatic rings. The lowest BCUT2D eigenvalue weighted by atomic mass is 10.2. The summed E-state index contributed by atoms with van der Waals surface area (Å²) in [6.45, 7) is 0. The number of rotatable bonds is 1. The molecule has 0 saturated heterocycles. The molecule has 0 saturated carbocycles. The third kappa shape index (κ3) is 1.98. The third-order valence-electron chi connectivity index (χ3n) is 2.23. The smallest absolute Gasteiger partial charge is 0.175 e. The molecule has 0 unspecified atom stereocenters. The van der Waals surface area contributed by atoms with E-state index in [0.717, 1.165) is 11.1 Å². The molecule has 0 heterocycles. The Bertz CT molecular complexity index is 575. The molecule has 0 radical (unpaired) electrons. The van der Waals surface area contributed by atoms with E-state index in [9.17, 15) is 8.42 Å². The van der Waals surface area contributed by atoms with Crippen LogP contribution in [0.4, 0.5) is 0 Å². The molecule has 0 N–H and O–H groups in total. The van der Waals surface area contributed by atoms with Crippen LogP contribution in [0.25, 0.3) is 11.1 Å². The molecular formula is C11H9ClO2S. The van der Waals surface area contributed by atoms with Crippen molar-refractivity contribution in [3.8, 4) is 11.1 Å². The number of hydrogen-bond acceptors (Lipinski definition) is 2. The van der Waals surface area contributed by atoms with Crippen LogP contribution in [0.1, 0.15) is 0 Å². The number of halogens is 1. The molecular weight excluding hydrogens is 232 g/mol. The molecule has 2 rings (SSSR count). The van der Waals surface area contributed by atoms with Gasteiger partial charge in [-0.2, -0.15) is 0 Å². The maximum absolute atomic E-state index is 11.4. The van der Waals surface area contributed by atoms with Crippen molar-refractivity contribution in [3.63, 3.8) is 0 Å². The van der Waals surface area contributed by atoms with E-state index in [0.29, 0.717) is 5.02 Å². The quantitative estimate of drug-likeness (QED) is 0.768. The van der Waals surface area contributed by atoms with Crippen LogP contribution in [0.15, 0.2) is 41.3 Å². The first-order chi connectivity index (χ1) is 6.98. The van der Waals surface area contributed by atoms with Gasteiger partial charge in [-0.1, -0.05) is 29.8 Å². The van der Waals surface area contributed by atoms with E-state index in [1.54, 1.807) is 12.1 Å². The van der Waals surface area contributed by atoms with E-state index >= 15 is 0 Å². The van der Waals surface area contributed by atoms with Crippen molar-refractivity contribution in [2.75, 3.05) is 6.26 Å². The maximum atomic E-state index is 11.4. The fourth-order valence-corrected chi connectivity index (χ4v) is 2.35. The summed E-state index contributed by atoms with van der Waals surface area (Å²) in [4.78, 5) is 0.283. The van der Waals surface area contributed by atoms with Crippen molar-refractivity contribution < 1.29 is 8.42 Å². The van der Waals surface area contributed by atoms with Gasteiger partial charge in [-0.3, -0.25) is 0 Å². The highest BCUT2D eigenvalue weighted by Crippen LogP contribution is 2.31. The van der Waals surface area contributed by atoms with E-state index in [1.807, 2.05) is 18.2 Å². The summed E-state index contributed by atoms with van der Waals surface area (Å²) in [5.41, 5.74) is 1.71.